The number of aliphatic imine (C=N–C) groups is 2. The Bertz CT molecular complexity index is 1020. The Morgan fingerprint density at radius 1 is 0.968 bits per heavy atom. The van der Waals surface area contributed by atoms with E-state index in [1.54, 1.807) is 25.1 Å². The first kappa shape index (κ1) is 21.6. The van der Waals surface area contributed by atoms with E-state index in [1.807, 2.05) is 0 Å². The lowest BCUT2D eigenvalue weighted by atomic mass is 10.2. The van der Waals surface area contributed by atoms with E-state index in [-0.39, 0.29) is 31.1 Å². The summed E-state index contributed by atoms with van der Waals surface area (Å²) < 4.78 is 6.73. The van der Waals surface area contributed by atoms with E-state index in [9.17, 15) is 19.2 Å². The third kappa shape index (κ3) is 8.05. The Morgan fingerprint density at radius 2 is 1.52 bits per heavy atom. The van der Waals surface area contributed by atoms with Crippen LogP contribution in [0.5, 0.6) is 0 Å². The molecule has 0 atom stereocenters. The molecule has 0 spiro atoms. The Balaban J connectivity index is 1.78. The zero-order valence-electron chi connectivity index (χ0n) is 17.9. The molecule has 2 amide bonds. The highest BCUT2D eigenvalue weighted by molar-refractivity contribution is 6.27. The van der Waals surface area contributed by atoms with Crippen LogP contribution in [0.4, 0.5) is 0 Å². The molecule has 2 heterocycles. The molecule has 0 saturated carbocycles. The van der Waals surface area contributed by atoms with E-state index in [2.05, 4.69) is 30.6 Å². The molecular weight excluding hydrogens is 400 g/mol. The minimum atomic E-state index is -0.899. The second-order valence-electron chi connectivity index (χ2n) is 6.14. The van der Waals surface area contributed by atoms with Crippen LogP contribution in [-0.4, -0.2) is 52.9 Å². The lowest BCUT2D eigenvalue weighted by Crippen LogP contribution is -2.37. The molecule has 2 N–H and O–H groups in total. The van der Waals surface area contributed by atoms with Gasteiger partial charge in [0.15, 0.2) is 12.0 Å². The number of ketones is 1. The zero-order valence-corrected chi connectivity index (χ0v) is 16.9. The molecule has 2 aromatic rings. The lowest BCUT2D eigenvalue weighted by molar-refractivity contribution is -0.112. The van der Waals surface area contributed by atoms with Gasteiger partial charge in [0.2, 0.25) is 0 Å². The molecule has 0 aliphatic heterocycles. The maximum absolute atomic E-state index is 12.2. The number of nitrogens with one attached hydrogen (secondary N) is 2. The summed E-state index contributed by atoms with van der Waals surface area (Å²) in [4.78, 5) is 61.9. The molecule has 0 aromatic carbocycles. The number of carbonyl (C=O) groups excluding carboxylic acids is 4. The fraction of sp³-hybridized carbons (Fsp3) is 0.238. The fourth-order valence-corrected chi connectivity index (χ4v) is 2.22. The topological polar surface area (TPSA) is 143 Å². The number of Topliss-reactive ketones (excluding diaryl/α,β-unsaturated/α-hetero) is 1. The average Bonchev–Trinajstić information content (AvgIpc) is 2.79. The summed E-state index contributed by atoms with van der Waals surface area (Å²) in [5.41, 5.74) is 1.75. The van der Waals surface area contributed by atoms with Gasteiger partial charge in [-0.2, -0.15) is 0 Å². The second-order valence-corrected chi connectivity index (χ2v) is 6.14. The number of pyridine rings is 2. The van der Waals surface area contributed by atoms with Gasteiger partial charge in [-0.25, -0.2) is 0 Å². The lowest BCUT2D eigenvalue weighted by Gasteiger charge is -2.08. The monoisotopic (exact) mass is 424 g/mol. The highest BCUT2D eigenvalue weighted by Gasteiger charge is 2.09. The van der Waals surface area contributed by atoms with Gasteiger partial charge in [-0.1, -0.05) is 6.92 Å². The molecule has 0 aliphatic carbocycles. The van der Waals surface area contributed by atoms with E-state index in [0.29, 0.717) is 23.4 Å². The summed E-state index contributed by atoms with van der Waals surface area (Å²) >= 11 is 0. The third-order valence-corrected chi connectivity index (χ3v) is 3.91. The molecule has 0 aliphatic rings. The van der Waals surface area contributed by atoms with E-state index in [1.165, 1.54) is 24.7 Å². The SMILES string of the molecule is [3H]C(=O)C=NCc1ccc(C(=O)NCNC(=O)c2ccc(CN=CC(=O)CC)nc2)cn1. The molecule has 0 saturated heterocycles. The first-order chi connectivity index (χ1) is 15.4. The van der Waals surface area contributed by atoms with Crippen molar-refractivity contribution in [3.63, 3.8) is 0 Å². The van der Waals surface area contributed by atoms with Crippen molar-refractivity contribution in [3.8, 4) is 0 Å². The van der Waals surface area contributed by atoms with Crippen LogP contribution in [0.3, 0.4) is 0 Å². The van der Waals surface area contributed by atoms with Crippen molar-refractivity contribution in [2.75, 3.05) is 6.67 Å². The number of hydrogen-bond donors (Lipinski definition) is 2. The number of aldehydes is 1. The number of rotatable bonds is 11. The van der Waals surface area contributed by atoms with Gasteiger partial charge in [0.05, 0.1) is 54.7 Å². The molecule has 0 bridgehead atoms. The van der Waals surface area contributed by atoms with Crippen LogP contribution < -0.4 is 10.6 Å². The van der Waals surface area contributed by atoms with Crippen molar-refractivity contribution < 1.29 is 20.5 Å². The van der Waals surface area contributed by atoms with Crippen LogP contribution in [0.25, 0.3) is 0 Å². The van der Waals surface area contributed by atoms with Crippen LogP contribution in [0.15, 0.2) is 46.6 Å². The third-order valence-electron chi connectivity index (χ3n) is 3.91. The maximum Gasteiger partial charge on any atom is 0.254 e. The standard InChI is InChI=1S/C21H22N6O4/c1-2-19(29)13-23-12-18-6-4-16(10-25-18)21(31)27-14-26-20(30)15-3-5-17(24-9-15)11-22-7-8-28/h3-10,13H,2,11-12,14H2,1H3,(H,26,30)(H,27,31)/i8T. The Morgan fingerprint density at radius 3 is 1.97 bits per heavy atom. The molecule has 10 heteroatoms. The van der Waals surface area contributed by atoms with Gasteiger partial charge in [0.25, 0.3) is 11.8 Å². The maximum atomic E-state index is 12.2. The molecule has 2 rings (SSSR count). The minimum absolute atomic E-state index is 0.0677. The molecule has 0 unspecified atom stereocenters. The van der Waals surface area contributed by atoms with Crippen LogP contribution >= 0.6 is 0 Å². The van der Waals surface area contributed by atoms with Gasteiger partial charge in [-0.3, -0.25) is 39.1 Å². The molecule has 10 nitrogen and oxygen atoms in total. The summed E-state index contributed by atoms with van der Waals surface area (Å²) in [7, 11) is 0. The van der Waals surface area contributed by atoms with Crippen molar-refractivity contribution in [1.29, 1.82) is 0 Å². The highest BCUT2D eigenvalue weighted by Crippen LogP contribution is 2.03. The van der Waals surface area contributed by atoms with Crippen molar-refractivity contribution >= 4 is 36.3 Å². The smallest absolute Gasteiger partial charge is 0.254 e. The van der Waals surface area contributed by atoms with Gasteiger partial charge < -0.3 is 10.6 Å². The van der Waals surface area contributed by atoms with E-state index >= 15 is 0 Å². The molecule has 0 radical (unpaired) electrons. The molecule has 31 heavy (non-hydrogen) atoms. The van der Waals surface area contributed by atoms with Crippen molar-refractivity contribution in [3.05, 3.63) is 59.2 Å². The van der Waals surface area contributed by atoms with Crippen LogP contribution in [-0.2, 0) is 22.7 Å². The van der Waals surface area contributed by atoms with Crippen LogP contribution in [0.2, 0.25) is 0 Å². The van der Waals surface area contributed by atoms with Gasteiger partial charge in [0.1, 0.15) is 1.37 Å². The van der Waals surface area contributed by atoms with Crippen molar-refractivity contribution in [2.24, 2.45) is 9.98 Å². The van der Waals surface area contributed by atoms with Gasteiger partial charge >= 0.3 is 0 Å². The summed E-state index contributed by atoms with van der Waals surface area (Å²) in [6, 6.07) is 6.33. The first-order valence-corrected chi connectivity index (χ1v) is 9.38. The number of carbonyl (C=O) groups is 4. The second kappa shape index (κ2) is 12.5. The van der Waals surface area contributed by atoms with E-state index in [4.69, 9.17) is 1.37 Å². The summed E-state index contributed by atoms with van der Waals surface area (Å²) in [6.45, 7) is 2.02. The van der Waals surface area contributed by atoms with Crippen molar-refractivity contribution in [2.45, 2.75) is 26.4 Å². The zero-order chi connectivity index (χ0) is 23.3. The Kier molecular flexibility index (Phi) is 8.70. The number of aromatic nitrogens is 2. The first-order valence-electron chi connectivity index (χ1n) is 9.88. The summed E-state index contributed by atoms with van der Waals surface area (Å²) in [5, 5.41) is 5.11. The highest BCUT2D eigenvalue weighted by atomic mass is 16.2. The van der Waals surface area contributed by atoms with E-state index in [0.717, 1.165) is 6.21 Å². The van der Waals surface area contributed by atoms with Gasteiger partial charge in [0, 0.05) is 18.8 Å². The fourth-order valence-electron chi connectivity index (χ4n) is 2.22. The van der Waals surface area contributed by atoms with E-state index < -0.39 is 18.1 Å². The van der Waals surface area contributed by atoms with Crippen LogP contribution in [0.1, 0.15) is 46.8 Å². The summed E-state index contributed by atoms with van der Waals surface area (Å²) in [5.74, 6) is -0.909. The number of amides is 2. The molecule has 2 aromatic heterocycles. The van der Waals surface area contributed by atoms with Gasteiger partial charge in [-0.15, -0.1) is 0 Å². The minimum Gasteiger partial charge on any atom is -0.335 e. The molecule has 0 fully saturated rings. The predicted molar refractivity (Wildman–Crippen MR) is 114 cm³/mol. The average molecular weight is 424 g/mol. The quantitative estimate of drug-likeness (QED) is 0.312. The molecular formula is C21H22N6O4. The van der Waals surface area contributed by atoms with Crippen molar-refractivity contribution in [1.82, 2.24) is 20.6 Å². The van der Waals surface area contributed by atoms with Crippen LogP contribution in [0, 0.1) is 0 Å². The predicted octanol–water partition coefficient (Wildman–Crippen LogP) is 0.913. The Labute approximate surface area is 180 Å². The normalized spacial score (nSPS) is 11.3. The summed E-state index contributed by atoms with van der Waals surface area (Å²) in [6.07, 6.45) is 4.39. The Hall–Kier alpha value is -4.08. The van der Waals surface area contributed by atoms with Gasteiger partial charge in [-0.05, 0) is 24.3 Å². The number of nitrogens with zero attached hydrogens (tertiary/aromatic N) is 4. The largest absolute Gasteiger partial charge is 0.335 e. The number of hydrogen-bond acceptors (Lipinski definition) is 8. The molecule has 160 valence electrons.